The van der Waals surface area contributed by atoms with Crippen LogP contribution in [0.4, 0.5) is 4.39 Å². The first-order valence-electron chi connectivity index (χ1n) is 7.36. The molecule has 0 radical (unpaired) electrons. The van der Waals surface area contributed by atoms with E-state index in [0.717, 1.165) is 36.0 Å². The molecule has 112 valence electrons. The van der Waals surface area contributed by atoms with E-state index in [1.807, 2.05) is 12.1 Å². The second kappa shape index (κ2) is 6.54. The highest BCUT2D eigenvalue weighted by Crippen LogP contribution is 2.23. The number of benzene rings is 1. The van der Waals surface area contributed by atoms with Gasteiger partial charge in [-0.2, -0.15) is 0 Å². The van der Waals surface area contributed by atoms with Gasteiger partial charge in [-0.1, -0.05) is 28.9 Å². The maximum atomic E-state index is 14.0. The third kappa shape index (κ3) is 3.80. The van der Waals surface area contributed by atoms with Crippen molar-refractivity contribution in [1.29, 1.82) is 0 Å². The molecule has 1 fully saturated rings. The molecule has 0 saturated carbocycles. The van der Waals surface area contributed by atoms with Gasteiger partial charge in [-0.25, -0.2) is 4.39 Å². The largest absolute Gasteiger partial charge is 0.310 e. The minimum Gasteiger partial charge on any atom is -0.310 e. The average Bonchev–Trinajstić information content (AvgIpc) is 2.54. The average molecular weight is 343 g/mol. The molecule has 1 aliphatic rings. The first-order chi connectivity index (χ1) is 9.43. The van der Waals surface area contributed by atoms with Crippen molar-refractivity contribution in [1.82, 2.24) is 10.2 Å². The molecule has 1 heterocycles. The smallest absolute Gasteiger partial charge is 0.128 e. The second-order valence-electron chi connectivity index (χ2n) is 6.12. The predicted molar refractivity (Wildman–Crippen MR) is 85.3 cm³/mol. The summed E-state index contributed by atoms with van der Waals surface area (Å²) in [5.41, 5.74) is 0.900. The van der Waals surface area contributed by atoms with Gasteiger partial charge in [-0.15, -0.1) is 0 Å². The summed E-state index contributed by atoms with van der Waals surface area (Å²) in [6.07, 6.45) is 2.19. The zero-order chi connectivity index (χ0) is 14.8. The van der Waals surface area contributed by atoms with Gasteiger partial charge >= 0.3 is 0 Å². The van der Waals surface area contributed by atoms with E-state index in [-0.39, 0.29) is 11.4 Å². The lowest BCUT2D eigenvalue weighted by atomic mass is 9.98. The fraction of sp³-hybridized carbons (Fsp3) is 0.625. The van der Waals surface area contributed by atoms with Crippen molar-refractivity contribution in [2.45, 2.75) is 51.7 Å². The van der Waals surface area contributed by atoms with Gasteiger partial charge in [0.25, 0.3) is 0 Å². The molecule has 1 aliphatic heterocycles. The van der Waals surface area contributed by atoms with E-state index in [9.17, 15) is 4.39 Å². The van der Waals surface area contributed by atoms with E-state index in [1.54, 1.807) is 6.07 Å². The van der Waals surface area contributed by atoms with Crippen molar-refractivity contribution < 1.29 is 4.39 Å². The highest BCUT2D eigenvalue weighted by atomic mass is 79.9. The Balaban J connectivity index is 2.16. The number of hydrogen-bond donors (Lipinski definition) is 1. The molecule has 1 N–H and O–H groups in total. The van der Waals surface area contributed by atoms with Crippen molar-refractivity contribution in [3.8, 4) is 0 Å². The maximum Gasteiger partial charge on any atom is 0.128 e. The number of halogens is 2. The summed E-state index contributed by atoms with van der Waals surface area (Å²) >= 11 is 3.31. The molecule has 2 unspecified atom stereocenters. The molecule has 1 aromatic carbocycles. The highest BCUT2D eigenvalue weighted by Gasteiger charge is 2.30. The van der Waals surface area contributed by atoms with Crippen molar-refractivity contribution in [3.63, 3.8) is 0 Å². The van der Waals surface area contributed by atoms with Crippen LogP contribution in [0.3, 0.4) is 0 Å². The zero-order valence-electron chi connectivity index (χ0n) is 12.5. The first-order valence-corrected chi connectivity index (χ1v) is 8.16. The molecule has 1 aromatic rings. The van der Waals surface area contributed by atoms with Gasteiger partial charge < -0.3 is 5.32 Å². The lowest BCUT2D eigenvalue weighted by Gasteiger charge is -2.35. The summed E-state index contributed by atoms with van der Waals surface area (Å²) in [7, 11) is 0. The van der Waals surface area contributed by atoms with E-state index < -0.39 is 0 Å². The fourth-order valence-corrected chi connectivity index (χ4v) is 3.08. The van der Waals surface area contributed by atoms with Gasteiger partial charge in [0.1, 0.15) is 5.82 Å². The maximum absolute atomic E-state index is 14.0. The van der Waals surface area contributed by atoms with Crippen LogP contribution in [-0.4, -0.2) is 29.6 Å². The Morgan fingerprint density at radius 1 is 1.50 bits per heavy atom. The summed E-state index contributed by atoms with van der Waals surface area (Å²) in [6.45, 7) is 9.37. The van der Waals surface area contributed by atoms with E-state index >= 15 is 0 Å². The molecule has 1 saturated heterocycles. The number of nitrogens with one attached hydrogen (secondary N) is 1. The van der Waals surface area contributed by atoms with Gasteiger partial charge in [0.05, 0.1) is 0 Å². The SMILES string of the molecule is CCC1(C)CN(Cc2ccc(Br)cc2F)C(C)CCN1. The van der Waals surface area contributed by atoms with Gasteiger partial charge in [-0.05, 0) is 45.4 Å². The van der Waals surface area contributed by atoms with Gasteiger partial charge in [0.2, 0.25) is 0 Å². The van der Waals surface area contributed by atoms with E-state index in [0.29, 0.717) is 12.6 Å². The molecule has 20 heavy (non-hydrogen) atoms. The number of rotatable bonds is 3. The van der Waals surface area contributed by atoms with Crippen molar-refractivity contribution in [3.05, 3.63) is 34.1 Å². The lowest BCUT2D eigenvalue weighted by Crippen LogP contribution is -2.49. The standard InChI is InChI=1S/C16H24BrFN2/c1-4-16(3)11-20(12(2)7-8-19-16)10-13-5-6-14(17)9-15(13)18/h5-6,9,12,19H,4,7-8,10-11H2,1-3H3. The molecule has 0 spiro atoms. The van der Waals surface area contributed by atoms with Gasteiger partial charge in [0, 0.05) is 34.7 Å². The van der Waals surface area contributed by atoms with Crippen LogP contribution in [0.15, 0.2) is 22.7 Å². The summed E-state index contributed by atoms with van der Waals surface area (Å²) in [5.74, 6) is -0.123. The quantitative estimate of drug-likeness (QED) is 0.894. The minimum atomic E-state index is -0.123. The van der Waals surface area contributed by atoms with Crippen molar-refractivity contribution in [2.24, 2.45) is 0 Å². The van der Waals surface area contributed by atoms with Crippen LogP contribution in [0.1, 0.15) is 39.2 Å². The van der Waals surface area contributed by atoms with Crippen molar-refractivity contribution >= 4 is 15.9 Å². The lowest BCUT2D eigenvalue weighted by molar-refractivity contribution is 0.162. The summed E-state index contributed by atoms with van der Waals surface area (Å²) in [5, 5.41) is 3.63. The Morgan fingerprint density at radius 2 is 2.25 bits per heavy atom. The Labute approximate surface area is 129 Å². The van der Waals surface area contributed by atoms with Crippen LogP contribution in [0.25, 0.3) is 0 Å². The van der Waals surface area contributed by atoms with E-state index in [4.69, 9.17) is 0 Å². The summed E-state index contributed by atoms with van der Waals surface area (Å²) in [6, 6.07) is 5.82. The minimum absolute atomic E-state index is 0.122. The molecular formula is C16H24BrFN2. The van der Waals surface area contributed by atoms with Crippen LogP contribution in [0, 0.1) is 5.82 Å². The van der Waals surface area contributed by atoms with Gasteiger partial charge in [0.15, 0.2) is 0 Å². The number of nitrogens with zero attached hydrogens (tertiary/aromatic N) is 1. The molecule has 0 aliphatic carbocycles. The van der Waals surface area contributed by atoms with Crippen molar-refractivity contribution in [2.75, 3.05) is 13.1 Å². The first kappa shape index (κ1) is 15.9. The molecule has 2 rings (SSSR count). The van der Waals surface area contributed by atoms with Crippen LogP contribution < -0.4 is 5.32 Å². The van der Waals surface area contributed by atoms with E-state index in [2.05, 4.69) is 46.9 Å². The summed E-state index contributed by atoms with van der Waals surface area (Å²) < 4.78 is 14.8. The second-order valence-corrected chi connectivity index (χ2v) is 7.04. The molecule has 4 heteroatoms. The number of hydrogen-bond acceptors (Lipinski definition) is 2. The van der Waals surface area contributed by atoms with Crippen LogP contribution >= 0.6 is 15.9 Å². The Hall–Kier alpha value is -0.450. The molecule has 0 aromatic heterocycles. The normalized spacial score (nSPS) is 28.4. The molecular weight excluding hydrogens is 319 g/mol. The Kier molecular flexibility index (Phi) is 5.21. The van der Waals surface area contributed by atoms with Crippen LogP contribution in [0.2, 0.25) is 0 Å². The zero-order valence-corrected chi connectivity index (χ0v) is 14.1. The molecule has 2 atom stereocenters. The summed E-state index contributed by atoms with van der Waals surface area (Å²) in [4.78, 5) is 2.40. The molecule has 0 amide bonds. The Bertz CT molecular complexity index is 466. The van der Waals surface area contributed by atoms with Crippen LogP contribution in [0.5, 0.6) is 0 Å². The van der Waals surface area contributed by atoms with E-state index in [1.165, 1.54) is 0 Å². The van der Waals surface area contributed by atoms with Gasteiger partial charge in [-0.3, -0.25) is 4.90 Å². The topological polar surface area (TPSA) is 15.3 Å². The highest BCUT2D eigenvalue weighted by molar-refractivity contribution is 9.10. The monoisotopic (exact) mass is 342 g/mol. The molecule has 2 nitrogen and oxygen atoms in total. The fourth-order valence-electron chi connectivity index (χ4n) is 2.74. The third-order valence-corrected chi connectivity index (χ3v) is 4.95. The third-order valence-electron chi connectivity index (χ3n) is 4.46. The molecule has 0 bridgehead atoms. The van der Waals surface area contributed by atoms with Crippen LogP contribution in [-0.2, 0) is 6.54 Å². The Morgan fingerprint density at radius 3 is 2.90 bits per heavy atom. The predicted octanol–water partition coefficient (Wildman–Crippen LogP) is 3.94.